The van der Waals surface area contributed by atoms with Crippen molar-refractivity contribution in [3.63, 3.8) is 0 Å². The summed E-state index contributed by atoms with van der Waals surface area (Å²) in [7, 11) is 0. The van der Waals surface area contributed by atoms with Crippen molar-refractivity contribution in [2.75, 3.05) is 13.1 Å². The lowest BCUT2D eigenvalue weighted by Crippen LogP contribution is -2.23. The van der Waals surface area contributed by atoms with Gasteiger partial charge in [0.1, 0.15) is 0 Å². The minimum absolute atomic E-state index is 0.00273. The van der Waals surface area contributed by atoms with Crippen LogP contribution in [0.1, 0.15) is 35.7 Å². The van der Waals surface area contributed by atoms with E-state index >= 15 is 0 Å². The van der Waals surface area contributed by atoms with Gasteiger partial charge in [-0.15, -0.1) is 0 Å². The summed E-state index contributed by atoms with van der Waals surface area (Å²) in [6.45, 7) is 3.66. The number of carbonyl (C=O) groups excluding carboxylic acids is 1. The van der Waals surface area contributed by atoms with Crippen LogP contribution in [0.5, 0.6) is 0 Å². The highest BCUT2D eigenvalue weighted by atomic mass is 16.6. The molecule has 0 atom stereocenters. The van der Waals surface area contributed by atoms with Gasteiger partial charge in [-0.2, -0.15) is 0 Å². The second-order valence-electron chi connectivity index (χ2n) is 5.03. The summed E-state index contributed by atoms with van der Waals surface area (Å²) in [5.41, 5.74) is 0.935. The number of nitrogens with zero attached hydrogens (tertiary/aromatic N) is 1. The molecule has 1 aromatic rings. The number of nitrogens with one attached hydrogen (secondary N) is 2. The normalized spacial score (nSPS) is 14.1. The van der Waals surface area contributed by atoms with E-state index in [1.165, 1.54) is 18.9 Å². The van der Waals surface area contributed by atoms with Gasteiger partial charge in [0.2, 0.25) is 0 Å². The largest absolute Gasteiger partial charge is 0.352 e. The first-order chi connectivity index (χ1) is 9.61. The van der Waals surface area contributed by atoms with Crippen molar-refractivity contribution in [2.45, 2.75) is 26.3 Å². The van der Waals surface area contributed by atoms with E-state index in [0.29, 0.717) is 24.2 Å². The first-order valence-corrected chi connectivity index (χ1v) is 6.88. The van der Waals surface area contributed by atoms with E-state index in [-0.39, 0.29) is 11.6 Å². The molecule has 0 aliphatic heterocycles. The molecule has 6 nitrogen and oxygen atoms in total. The molecule has 2 N–H and O–H groups in total. The molecular weight excluding hydrogens is 258 g/mol. The van der Waals surface area contributed by atoms with Gasteiger partial charge in [0.25, 0.3) is 11.6 Å². The molecule has 1 aliphatic carbocycles. The lowest BCUT2D eigenvalue weighted by atomic mass is 10.1. The predicted molar refractivity (Wildman–Crippen MR) is 75.5 cm³/mol. The summed E-state index contributed by atoms with van der Waals surface area (Å²) < 4.78 is 0. The molecular formula is C14H19N3O3. The van der Waals surface area contributed by atoms with Crippen molar-refractivity contribution in [1.29, 1.82) is 0 Å². The number of hydrogen-bond donors (Lipinski definition) is 2. The van der Waals surface area contributed by atoms with Crippen LogP contribution in [0, 0.1) is 16.0 Å². The summed E-state index contributed by atoms with van der Waals surface area (Å²) in [6, 6.07) is 4.63. The quantitative estimate of drug-likeness (QED) is 0.588. The fraction of sp³-hybridized carbons (Fsp3) is 0.500. The molecule has 0 unspecified atom stereocenters. The second kappa shape index (κ2) is 6.47. The van der Waals surface area contributed by atoms with Crippen molar-refractivity contribution in [1.82, 2.24) is 10.6 Å². The maximum absolute atomic E-state index is 11.7. The van der Waals surface area contributed by atoms with E-state index in [4.69, 9.17) is 0 Å². The van der Waals surface area contributed by atoms with Gasteiger partial charge < -0.3 is 10.6 Å². The Balaban J connectivity index is 2.09. The standard InChI is InChI=1S/C14H19N3O3/c1-2-16-14(18)11-5-6-12(13(7-11)17(19)20)9-15-8-10-3-4-10/h5-7,10,15H,2-4,8-9H2,1H3,(H,16,18). The van der Waals surface area contributed by atoms with Crippen LogP contribution < -0.4 is 10.6 Å². The number of rotatable bonds is 7. The molecule has 1 saturated carbocycles. The Bertz CT molecular complexity index is 512. The molecule has 0 bridgehead atoms. The Morgan fingerprint density at radius 3 is 2.80 bits per heavy atom. The third-order valence-corrected chi connectivity index (χ3v) is 3.33. The fourth-order valence-electron chi connectivity index (χ4n) is 2.02. The van der Waals surface area contributed by atoms with Gasteiger partial charge in [-0.25, -0.2) is 0 Å². The lowest BCUT2D eigenvalue weighted by molar-refractivity contribution is -0.385. The predicted octanol–water partition coefficient (Wildman–Crippen LogP) is 1.84. The average molecular weight is 277 g/mol. The zero-order valence-electron chi connectivity index (χ0n) is 11.5. The first kappa shape index (κ1) is 14.5. The summed E-state index contributed by atoms with van der Waals surface area (Å²) in [6.07, 6.45) is 2.48. The zero-order chi connectivity index (χ0) is 14.5. The monoisotopic (exact) mass is 277 g/mol. The summed E-state index contributed by atoms with van der Waals surface area (Å²) in [5, 5.41) is 17.0. The third-order valence-electron chi connectivity index (χ3n) is 3.33. The van der Waals surface area contributed by atoms with Gasteiger partial charge in [0.05, 0.1) is 4.92 Å². The van der Waals surface area contributed by atoms with E-state index in [9.17, 15) is 14.9 Å². The highest BCUT2D eigenvalue weighted by Crippen LogP contribution is 2.28. The van der Waals surface area contributed by atoms with E-state index in [0.717, 1.165) is 12.5 Å². The van der Waals surface area contributed by atoms with Crippen molar-refractivity contribution in [3.05, 3.63) is 39.4 Å². The molecule has 20 heavy (non-hydrogen) atoms. The summed E-state index contributed by atoms with van der Waals surface area (Å²) >= 11 is 0. The van der Waals surface area contributed by atoms with Crippen LogP contribution in [0.25, 0.3) is 0 Å². The van der Waals surface area contributed by atoms with Crippen LogP contribution in [-0.4, -0.2) is 23.9 Å². The molecule has 0 aromatic heterocycles. The van der Waals surface area contributed by atoms with Gasteiger partial charge in [0.15, 0.2) is 0 Å². The van der Waals surface area contributed by atoms with Gasteiger partial charge in [-0.3, -0.25) is 14.9 Å². The third kappa shape index (κ3) is 3.77. The van der Waals surface area contributed by atoms with Crippen LogP contribution in [0.3, 0.4) is 0 Å². The lowest BCUT2D eigenvalue weighted by Gasteiger charge is -2.07. The number of nitro benzene ring substituents is 1. The van der Waals surface area contributed by atoms with E-state index in [1.807, 2.05) is 6.92 Å². The number of carbonyl (C=O) groups is 1. The van der Waals surface area contributed by atoms with Gasteiger partial charge >= 0.3 is 0 Å². The van der Waals surface area contributed by atoms with E-state index < -0.39 is 4.92 Å². The molecule has 0 radical (unpaired) electrons. The Kier molecular flexibility index (Phi) is 4.68. The van der Waals surface area contributed by atoms with Gasteiger partial charge in [0, 0.05) is 30.3 Å². The molecule has 1 aromatic carbocycles. The zero-order valence-corrected chi connectivity index (χ0v) is 11.5. The van der Waals surface area contributed by atoms with Gasteiger partial charge in [-0.05, 0) is 38.3 Å². The minimum Gasteiger partial charge on any atom is -0.352 e. The van der Waals surface area contributed by atoms with Crippen LogP contribution in [0.4, 0.5) is 5.69 Å². The van der Waals surface area contributed by atoms with Gasteiger partial charge in [-0.1, -0.05) is 6.07 Å². The Morgan fingerprint density at radius 2 is 2.20 bits per heavy atom. The molecule has 108 valence electrons. The van der Waals surface area contributed by atoms with Crippen LogP contribution in [0.2, 0.25) is 0 Å². The Morgan fingerprint density at radius 1 is 1.45 bits per heavy atom. The number of benzene rings is 1. The van der Waals surface area contributed by atoms with Crippen molar-refractivity contribution in [3.8, 4) is 0 Å². The molecule has 0 spiro atoms. The molecule has 0 heterocycles. The second-order valence-corrected chi connectivity index (χ2v) is 5.03. The summed E-state index contributed by atoms with van der Waals surface area (Å²) in [5.74, 6) is 0.441. The maximum Gasteiger partial charge on any atom is 0.274 e. The summed E-state index contributed by atoms with van der Waals surface area (Å²) in [4.78, 5) is 22.4. The van der Waals surface area contributed by atoms with Crippen molar-refractivity contribution in [2.24, 2.45) is 5.92 Å². The molecule has 0 saturated heterocycles. The Labute approximate surface area is 117 Å². The van der Waals surface area contributed by atoms with Crippen LogP contribution in [0.15, 0.2) is 18.2 Å². The smallest absolute Gasteiger partial charge is 0.274 e. The SMILES string of the molecule is CCNC(=O)c1ccc(CNCC2CC2)c([N+](=O)[O-])c1. The van der Waals surface area contributed by atoms with Crippen molar-refractivity contribution >= 4 is 11.6 Å². The Hall–Kier alpha value is -1.95. The van der Waals surface area contributed by atoms with E-state index in [2.05, 4.69) is 10.6 Å². The highest BCUT2D eigenvalue weighted by Gasteiger charge is 2.21. The van der Waals surface area contributed by atoms with Crippen molar-refractivity contribution < 1.29 is 9.72 Å². The molecule has 2 rings (SSSR count). The molecule has 1 amide bonds. The topological polar surface area (TPSA) is 84.3 Å². The molecule has 6 heteroatoms. The first-order valence-electron chi connectivity index (χ1n) is 6.88. The minimum atomic E-state index is -0.434. The molecule has 1 fully saturated rings. The number of hydrogen-bond acceptors (Lipinski definition) is 4. The maximum atomic E-state index is 11.7. The highest BCUT2D eigenvalue weighted by molar-refractivity contribution is 5.94. The fourth-order valence-corrected chi connectivity index (χ4v) is 2.02. The number of nitro groups is 1. The molecule has 1 aliphatic rings. The van der Waals surface area contributed by atoms with Crippen LogP contribution >= 0.6 is 0 Å². The van der Waals surface area contributed by atoms with Crippen LogP contribution in [-0.2, 0) is 6.54 Å². The average Bonchev–Trinajstić information content (AvgIpc) is 3.23. The number of amides is 1. The van der Waals surface area contributed by atoms with E-state index in [1.54, 1.807) is 12.1 Å².